The van der Waals surface area contributed by atoms with Gasteiger partial charge in [0, 0.05) is 0 Å². The van der Waals surface area contributed by atoms with Crippen LogP contribution in [-0.2, 0) is 0 Å². The van der Waals surface area contributed by atoms with Crippen LogP contribution in [0.3, 0.4) is 0 Å². The van der Waals surface area contributed by atoms with Crippen molar-refractivity contribution in [1.82, 2.24) is 19.9 Å². The molecule has 1 N–H and O–H groups in total. The third kappa shape index (κ3) is 1.05. The fourth-order valence-electron chi connectivity index (χ4n) is 0.815. The molecule has 0 spiro atoms. The summed E-state index contributed by atoms with van der Waals surface area (Å²) >= 11 is 5.58. The molecule has 2 rings (SSSR count). The molecule has 0 bridgehead atoms. The van der Waals surface area contributed by atoms with Gasteiger partial charge in [-0.2, -0.15) is 0 Å². The van der Waals surface area contributed by atoms with Crippen molar-refractivity contribution < 1.29 is 0 Å². The molecule has 0 atom stereocenters. The van der Waals surface area contributed by atoms with Crippen LogP contribution in [0, 0.1) is 13.1 Å². The summed E-state index contributed by atoms with van der Waals surface area (Å²) in [6.45, 7) is 1.78. The standard InChI is InChI=1S/C6H4ClN4/c1-3-8-2-4-5(9-3)11-6(7)10-4/h1H3,(H,8,9,10,11). The number of nitrogens with zero attached hydrogens (tertiary/aromatic N) is 3. The Balaban J connectivity index is 2.82. The monoisotopic (exact) mass is 167 g/mol. The first-order valence-corrected chi connectivity index (χ1v) is 3.41. The molecule has 0 unspecified atom stereocenters. The number of aromatic nitrogens is 4. The van der Waals surface area contributed by atoms with Gasteiger partial charge in [-0.3, -0.25) is 0 Å². The van der Waals surface area contributed by atoms with Crippen molar-refractivity contribution in [3.05, 3.63) is 17.3 Å². The molecule has 0 aliphatic rings. The minimum Gasteiger partial charge on any atom is -0.313 e. The van der Waals surface area contributed by atoms with Gasteiger partial charge >= 0.3 is 0 Å². The summed E-state index contributed by atoms with van der Waals surface area (Å²) in [4.78, 5) is 14.5. The zero-order valence-corrected chi connectivity index (χ0v) is 6.48. The molecule has 4 nitrogen and oxygen atoms in total. The van der Waals surface area contributed by atoms with Crippen molar-refractivity contribution in [1.29, 1.82) is 0 Å². The maximum absolute atomic E-state index is 5.58. The van der Waals surface area contributed by atoms with Gasteiger partial charge in [0.25, 0.3) is 0 Å². The highest BCUT2D eigenvalue weighted by molar-refractivity contribution is 6.28. The molecular weight excluding hydrogens is 164 g/mol. The summed E-state index contributed by atoms with van der Waals surface area (Å²) in [5.41, 5.74) is 1.20. The highest BCUT2D eigenvalue weighted by Crippen LogP contribution is 2.09. The molecule has 0 fully saturated rings. The van der Waals surface area contributed by atoms with Gasteiger partial charge in [-0.25, -0.2) is 15.0 Å². The molecule has 11 heavy (non-hydrogen) atoms. The second-order valence-electron chi connectivity index (χ2n) is 2.11. The van der Waals surface area contributed by atoms with Crippen LogP contribution in [0.25, 0.3) is 11.2 Å². The van der Waals surface area contributed by atoms with Gasteiger partial charge in [0.15, 0.2) is 5.65 Å². The van der Waals surface area contributed by atoms with Crippen LogP contribution in [0.15, 0.2) is 0 Å². The van der Waals surface area contributed by atoms with E-state index < -0.39 is 0 Å². The van der Waals surface area contributed by atoms with Gasteiger partial charge in [0.1, 0.15) is 17.5 Å². The van der Waals surface area contributed by atoms with Gasteiger partial charge in [0.2, 0.25) is 5.28 Å². The average Bonchev–Trinajstić information content (AvgIpc) is 2.27. The molecule has 0 aliphatic heterocycles. The summed E-state index contributed by atoms with van der Waals surface area (Å²) < 4.78 is 0. The predicted octanol–water partition coefficient (Wildman–Crippen LogP) is 1.11. The molecule has 2 aromatic rings. The Labute approximate surface area is 67.6 Å². The number of aromatic amines is 1. The Morgan fingerprint density at radius 3 is 3.09 bits per heavy atom. The number of hydrogen-bond donors (Lipinski definition) is 1. The molecule has 2 aromatic heterocycles. The molecule has 0 amide bonds. The lowest BCUT2D eigenvalue weighted by atomic mass is 10.5. The summed E-state index contributed by atoms with van der Waals surface area (Å²) in [7, 11) is 0. The Kier molecular flexibility index (Phi) is 1.29. The molecule has 55 valence electrons. The first kappa shape index (κ1) is 6.54. The maximum atomic E-state index is 5.58. The van der Waals surface area contributed by atoms with E-state index in [9.17, 15) is 0 Å². The van der Waals surface area contributed by atoms with Gasteiger partial charge in [0.05, 0.1) is 0 Å². The first-order chi connectivity index (χ1) is 5.25. The van der Waals surface area contributed by atoms with E-state index in [4.69, 9.17) is 11.6 Å². The number of rotatable bonds is 0. The second-order valence-corrected chi connectivity index (χ2v) is 2.47. The molecule has 0 saturated carbocycles. The van der Waals surface area contributed by atoms with E-state index in [-0.39, 0.29) is 0 Å². The van der Waals surface area contributed by atoms with Crippen molar-refractivity contribution >= 4 is 22.8 Å². The van der Waals surface area contributed by atoms with Gasteiger partial charge in [-0.05, 0) is 18.5 Å². The fraction of sp³-hybridized carbons (Fsp3) is 0.167. The van der Waals surface area contributed by atoms with Crippen molar-refractivity contribution in [2.75, 3.05) is 0 Å². The minimum absolute atomic E-state index is 0.316. The van der Waals surface area contributed by atoms with E-state index in [1.165, 1.54) is 0 Å². The second kappa shape index (κ2) is 2.17. The number of aryl methyl sites for hydroxylation is 1. The largest absolute Gasteiger partial charge is 0.313 e. The first-order valence-electron chi connectivity index (χ1n) is 3.03. The van der Waals surface area contributed by atoms with Crippen LogP contribution in [0.4, 0.5) is 0 Å². The zero-order valence-electron chi connectivity index (χ0n) is 5.72. The third-order valence-corrected chi connectivity index (χ3v) is 1.43. The van der Waals surface area contributed by atoms with E-state index in [0.29, 0.717) is 22.3 Å². The molecule has 0 aromatic carbocycles. The highest BCUT2D eigenvalue weighted by Gasteiger charge is 2.01. The SMILES string of the molecule is Cc1n[c]c2nc(Cl)[nH]c2n1. The molecule has 0 saturated heterocycles. The van der Waals surface area contributed by atoms with Crippen LogP contribution in [0.1, 0.15) is 5.82 Å². The summed E-state index contributed by atoms with van der Waals surface area (Å²) in [5, 5.41) is 0.316. The Morgan fingerprint density at radius 2 is 2.27 bits per heavy atom. The van der Waals surface area contributed by atoms with Crippen LogP contribution >= 0.6 is 11.6 Å². The number of nitrogens with one attached hydrogen (secondary N) is 1. The maximum Gasteiger partial charge on any atom is 0.202 e. The quantitative estimate of drug-likeness (QED) is 0.599. The Bertz CT molecular complexity index is 394. The smallest absolute Gasteiger partial charge is 0.202 e. The molecule has 2 heterocycles. The number of hydrogen-bond acceptors (Lipinski definition) is 3. The van der Waals surface area contributed by atoms with Crippen molar-refractivity contribution in [3.8, 4) is 0 Å². The number of fused-ring (bicyclic) bond motifs is 1. The minimum atomic E-state index is 0.316. The van der Waals surface area contributed by atoms with E-state index in [1.807, 2.05) is 0 Å². The average molecular weight is 168 g/mol. The normalized spacial score (nSPS) is 10.7. The molecule has 5 heteroatoms. The summed E-state index contributed by atoms with van der Waals surface area (Å²) in [5.74, 6) is 0.651. The lowest BCUT2D eigenvalue weighted by molar-refractivity contribution is 1.07. The predicted molar refractivity (Wildman–Crippen MR) is 40.3 cm³/mol. The van der Waals surface area contributed by atoms with Gasteiger partial charge in [-0.15, -0.1) is 0 Å². The lowest BCUT2D eigenvalue weighted by Crippen LogP contribution is -1.86. The van der Waals surface area contributed by atoms with E-state index in [0.717, 1.165) is 0 Å². The van der Waals surface area contributed by atoms with Crippen molar-refractivity contribution in [2.24, 2.45) is 0 Å². The molecular formula is C6H4ClN4. The zero-order chi connectivity index (χ0) is 7.84. The molecule has 1 radical (unpaired) electrons. The van der Waals surface area contributed by atoms with Crippen molar-refractivity contribution in [2.45, 2.75) is 6.92 Å². The van der Waals surface area contributed by atoms with Gasteiger partial charge < -0.3 is 4.98 Å². The lowest BCUT2D eigenvalue weighted by Gasteiger charge is -1.86. The van der Waals surface area contributed by atoms with Gasteiger partial charge in [-0.1, -0.05) is 0 Å². The summed E-state index contributed by atoms with van der Waals surface area (Å²) in [6, 6.07) is 0. The number of halogens is 1. The van der Waals surface area contributed by atoms with Crippen molar-refractivity contribution in [3.63, 3.8) is 0 Å². The van der Waals surface area contributed by atoms with Crippen LogP contribution in [0.5, 0.6) is 0 Å². The van der Waals surface area contributed by atoms with E-state index in [2.05, 4.69) is 26.1 Å². The van der Waals surface area contributed by atoms with Crippen LogP contribution < -0.4 is 0 Å². The topological polar surface area (TPSA) is 54.5 Å². The highest BCUT2D eigenvalue weighted by atomic mass is 35.5. The number of imidazole rings is 1. The Hall–Kier alpha value is -1.16. The fourth-order valence-corrected chi connectivity index (χ4v) is 0.989. The molecule has 0 aliphatic carbocycles. The summed E-state index contributed by atoms with van der Waals surface area (Å²) in [6.07, 6.45) is 2.70. The van der Waals surface area contributed by atoms with Crippen LogP contribution in [-0.4, -0.2) is 19.9 Å². The Morgan fingerprint density at radius 1 is 1.45 bits per heavy atom. The number of H-pyrrole nitrogens is 1. The third-order valence-electron chi connectivity index (χ3n) is 1.25. The van der Waals surface area contributed by atoms with E-state index in [1.54, 1.807) is 6.92 Å². The van der Waals surface area contributed by atoms with E-state index >= 15 is 0 Å². The van der Waals surface area contributed by atoms with Crippen LogP contribution in [0.2, 0.25) is 5.28 Å².